The minimum Gasteiger partial charge on any atom is -0.448 e. The van der Waals surface area contributed by atoms with E-state index in [0.717, 1.165) is 28.0 Å². The highest BCUT2D eigenvalue weighted by Crippen LogP contribution is 2.35. The molecule has 1 amide bonds. The second-order valence-electron chi connectivity index (χ2n) is 6.98. The first-order valence-electron chi connectivity index (χ1n) is 9.04. The molecule has 2 N–H and O–H groups in total. The van der Waals surface area contributed by atoms with Gasteiger partial charge in [0.05, 0.1) is 5.69 Å². The van der Waals surface area contributed by atoms with E-state index in [2.05, 4.69) is 4.98 Å². The third-order valence-corrected chi connectivity index (χ3v) is 5.61. The van der Waals surface area contributed by atoms with E-state index >= 15 is 0 Å². The second kappa shape index (κ2) is 8.16. The number of benzene rings is 1. The van der Waals surface area contributed by atoms with Crippen molar-refractivity contribution in [2.24, 2.45) is 0 Å². The average Bonchev–Trinajstić information content (AvgIpc) is 2.97. The topological polar surface area (TPSA) is 85.5 Å². The summed E-state index contributed by atoms with van der Waals surface area (Å²) in [6.07, 6.45) is -1.01. The van der Waals surface area contributed by atoms with Gasteiger partial charge in [-0.1, -0.05) is 12.1 Å². The van der Waals surface area contributed by atoms with Gasteiger partial charge in [-0.2, -0.15) is 0 Å². The molecule has 6 nitrogen and oxygen atoms in total. The fraction of sp³-hybridized carbons (Fsp3) is 0.286. The number of hydrogen-bond donors (Lipinski definition) is 1. The number of nitrogens with two attached hydrogens (primary N) is 1. The van der Waals surface area contributed by atoms with Crippen molar-refractivity contribution >= 4 is 39.1 Å². The Morgan fingerprint density at radius 2 is 2.03 bits per heavy atom. The molecule has 3 rings (SSSR count). The number of pyridine rings is 1. The number of halogens is 1. The van der Waals surface area contributed by atoms with Crippen LogP contribution in [0.5, 0.6) is 0 Å². The molecular formula is C21H22FN3O3S. The molecule has 3 aromatic rings. The number of amides is 1. The van der Waals surface area contributed by atoms with Crippen LogP contribution in [-0.2, 0) is 16.1 Å². The highest BCUT2D eigenvalue weighted by molar-refractivity contribution is 7.21. The minimum atomic E-state index is -1.01. The smallest absolute Gasteiger partial charge is 0.351 e. The molecule has 0 aliphatic carbocycles. The molecular weight excluding hydrogens is 393 g/mol. The van der Waals surface area contributed by atoms with Crippen LogP contribution in [-0.4, -0.2) is 34.9 Å². The lowest BCUT2D eigenvalue weighted by Crippen LogP contribution is -2.37. The molecule has 0 aliphatic rings. The lowest BCUT2D eigenvalue weighted by atomic mass is 10.1. The zero-order valence-electron chi connectivity index (χ0n) is 16.7. The van der Waals surface area contributed by atoms with Gasteiger partial charge in [0, 0.05) is 24.7 Å². The van der Waals surface area contributed by atoms with Crippen molar-refractivity contribution in [2.45, 2.75) is 33.4 Å². The normalized spacial score (nSPS) is 12.0. The number of rotatable bonds is 5. The summed E-state index contributed by atoms with van der Waals surface area (Å²) in [5, 5.41) is 0.731. The van der Waals surface area contributed by atoms with Crippen molar-refractivity contribution < 1.29 is 18.7 Å². The summed E-state index contributed by atoms with van der Waals surface area (Å²) < 4.78 is 18.7. The van der Waals surface area contributed by atoms with E-state index in [-0.39, 0.29) is 17.2 Å². The van der Waals surface area contributed by atoms with Crippen LogP contribution in [0.3, 0.4) is 0 Å². The Morgan fingerprint density at radius 3 is 2.72 bits per heavy atom. The summed E-state index contributed by atoms with van der Waals surface area (Å²) in [5.41, 5.74) is 8.88. The molecule has 1 atom stereocenters. The van der Waals surface area contributed by atoms with E-state index in [4.69, 9.17) is 10.5 Å². The molecule has 152 valence electrons. The molecule has 0 saturated carbocycles. The number of thiophene rings is 1. The molecule has 0 saturated heterocycles. The Bertz CT molecular complexity index is 1100. The largest absolute Gasteiger partial charge is 0.448 e. The number of aryl methyl sites for hydroxylation is 2. The summed E-state index contributed by atoms with van der Waals surface area (Å²) in [7, 11) is 1.57. The van der Waals surface area contributed by atoms with Crippen LogP contribution >= 0.6 is 11.3 Å². The van der Waals surface area contributed by atoms with Gasteiger partial charge < -0.3 is 15.4 Å². The van der Waals surface area contributed by atoms with Crippen LogP contribution in [0.15, 0.2) is 30.3 Å². The van der Waals surface area contributed by atoms with E-state index in [9.17, 15) is 14.0 Å². The van der Waals surface area contributed by atoms with Crippen molar-refractivity contribution in [2.75, 3.05) is 12.8 Å². The summed E-state index contributed by atoms with van der Waals surface area (Å²) in [4.78, 5) is 31.9. The summed E-state index contributed by atoms with van der Waals surface area (Å²) in [6, 6.07) is 7.89. The number of esters is 1. The zero-order valence-corrected chi connectivity index (χ0v) is 17.5. The third kappa shape index (κ3) is 4.37. The fourth-order valence-electron chi connectivity index (χ4n) is 3.18. The minimum absolute atomic E-state index is 0.200. The van der Waals surface area contributed by atoms with Gasteiger partial charge in [0.1, 0.15) is 15.5 Å². The maximum absolute atomic E-state index is 13.3. The molecule has 0 spiro atoms. The monoisotopic (exact) mass is 415 g/mol. The van der Waals surface area contributed by atoms with Crippen LogP contribution in [0.4, 0.5) is 10.1 Å². The Balaban J connectivity index is 1.73. The number of fused-ring (bicyclic) bond motifs is 1. The van der Waals surface area contributed by atoms with Crippen molar-refractivity contribution in [3.05, 3.63) is 57.8 Å². The zero-order chi connectivity index (χ0) is 21.3. The fourth-order valence-corrected chi connectivity index (χ4v) is 4.28. The predicted octanol–water partition coefficient (Wildman–Crippen LogP) is 3.84. The van der Waals surface area contributed by atoms with Crippen molar-refractivity contribution in [1.82, 2.24) is 9.88 Å². The number of anilines is 1. The number of nitrogens with zero attached hydrogens (tertiary/aromatic N) is 2. The summed E-state index contributed by atoms with van der Waals surface area (Å²) in [6.45, 7) is 5.48. The lowest BCUT2D eigenvalue weighted by molar-refractivity contribution is -0.139. The number of aromatic nitrogens is 1. The van der Waals surface area contributed by atoms with Crippen LogP contribution in [0.2, 0.25) is 0 Å². The van der Waals surface area contributed by atoms with E-state index in [0.29, 0.717) is 16.1 Å². The first kappa shape index (κ1) is 20.7. The molecule has 1 aromatic carbocycles. The SMILES string of the molecule is Cc1cc(C)c2c(N)c(C(=O)OC(C)C(=O)N(C)Cc3cccc(F)c3)sc2n1. The van der Waals surface area contributed by atoms with E-state index in [1.807, 2.05) is 19.9 Å². The van der Waals surface area contributed by atoms with Crippen molar-refractivity contribution in [1.29, 1.82) is 0 Å². The van der Waals surface area contributed by atoms with E-state index < -0.39 is 18.0 Å². The van der Waals surface area contributed by atoms with Crippen LogP contribution < -0.4 is 5.73 Å². The first-order chi connectivity index (χ1) is 13.7. The standard InChI is InChI=1S/C21H22FN3O3S/c1-11-8-12(2)24-19-16(11)17(23)18(29-19)21(27)28-13(3)20(26)25(4)10-14-6-5-7-15(22)9-14/h5-9,13H,10,23H2,1-4H3. The van der Waals surface area contributed by atoms with Gasteiger partial charge in [-0.15, -0.1) is 11.3 Å². The molecule has 0 fully saturated rings. The molecule has 0 bridgehead atoms. The Morgan fingerprint density at radius 1 is 1.31 bits per heavy atom. The van der Waals surface area contributed by atoms with Gasteiger partial charge in [-0.05, 0) is 50.1 Å². The third-order valence-electron chi connectivity index (χ3n) is 4.53. The Hall–Kier alpha value is -3.00. The quantitative estimate of drug-likeness (QED) is 0.640. The first-order valence-corrected chi connectivity index (χ1v) is 9.85. The maximum atomic E-state index is 13.3. The van der Waals surface area contributed by atoms with Gasteiger partial charge in [0.15, 0.2) is 6.10 Å². The molecule has 2 heterocycles. The molecule has 0 aliphatic heterocycles. The van der Waals surface area contributed by atoms with E-state index in [1.165, 1.54) is 24.0 Å². The Kier molecular flexibility index (Phi) is 5.83. The molecule has 2 aromatic heterocycles. The second-order valence-corrected chi connectivity index (χ2v) is 7.98. The number of ether oxygens (including phenoxy) is 1. The lowest BCUT2D eigenvalue weighted by Gasteiger charge is -2.21. The predicted molar refractivity (Wildman–Crippen MR) is 111 cm³/mol. The number of carbonyl (C=O) groups is 2. The van der Waals surface area contributed by atoms with Crippen LogP contribution in [0.1, 0.15) is 33.4 Å². The van der Waals surface area contributed by atoms with Crippen LogP contribution in [0, 0.1) is 19.7 Å². The van der Waals surface area contributed by atoms with Crippen molar-refractivity contribution in [3.63, 3.8) is 0 Å². The highest BCUT2D eigenvalue weighted by Gasteiger charge is 2.26. The maximum Gasteiger partial charge on any atom is 0.351 e. The molecule has 0 radical (unpaired) electrons. The van der Waals surface area contributed by atoms with Gasteiger partial charge in [0.2, 0.25) is 0 Å². The highest BCUT2D eigenvalue weighted by atomic mass is 32.1. The molecule has 1 unspecified atom stereocenters. The number of likely N-dealkylation sites (N-methyl/N-ethyl adjacent to an activating group) is 1. The average molecular weight is 415 g/mol. The van der Waals surface area contributed by atoms with Gasteiger partial charge >= 0.3 is 5.97 Å². The van der Waals surface area contributed by atoms with Crippen LogP contribution in [0.25, 0.3) is 10.2 Å². The molecule has 8 heteroatoms. The number of carbonyl (C=O) groups excluding carboxylic acids is 2. The number of nitrogen functional groups attached to an aromatic ring is 1. The molecule has 29 heavy (non-hydrogen) atoms. The Labute approximate surface area is 172 Å². The van der Waals surface area contributed by atoms with Gasteiger partial charge in [-0.3, -0.25) is 4.79 Å². The van der Waals surface area contributed by atoms with Crippen molar-refractivity contribution in [3.8, 4) is 0 Å². The van der Waals surface area contributed by atoms with Gasteiger partial charge in [-0.25, -0.2) is 14.2 Å². The van der Waals surface area contributed by atoms with E-state index in [1.54, 1.807) is 19.2 Å². The van der Waals surface area contributed by atoms with Gasteiger partial charge in [0.25, 0.3) is 5.91 Å². The number of hydrogen-bond acceptors (Lipinski definition) is 6. The summed E-state index contributed by atoms with van der Waals surface area (Å²) >= 11 is 1.15. The summed E-state index contributed by atoms with van der Waals surface area (Å²) in [5.74, 6) is -1.43.